The summed E-state index contributed by atoms with van der Waals surface area (Å²) in [6.45, 7) is -0.209. The summed E-state index contributed by atoms with van der Waals surface area (Å²) < 4.78 is 33.2. The average molecular weight is 519 g/mol. The number of ether oxygens (including phenoxy) is 1. The molecule has 3 aromatic rings. The molecule has 1 N–H and O–H groups in total. The molecule has 0 aliphatic carbocycles. The van der Waals surface area contributed by atoms with Crippen LogP contribution in [0.1, 0.15) is 17.2 Å². The van der Waals surface area contributed by atoms with Crippen LogP contribution in [0.15, 0.2) is 83.8 Å². The highest BCUT2D eigenvalue weighted by molar-refractivity contribution is 7.90. The van der Waals surface area contributed by atoms with Crippen molar-refractivity contribution in [2.24, 2.45) is 0 Å². The maximum atomic E-state index is 13.2. The van der Waals surface area contributed by atoms with Gasteiger partial charge in [-0.1, -0.05) is 65.7 Å². The summed E-state index contributed by atoms with van der Waals surface area (Å²) in [5.74, 6) is -1.22. The van der Waals surface area contributed by atoms with Crippen LogP contribution in [0.3, 0.4) is 0 Å². The molecule has 0 saturated carbocycles. The highest BCUT2D eigenvalue weighted by Crippen LogP contribution is 2.32. The van der Waals surface area contributed by atoms with Crippen molar-refractivity contribution in [3.63, 3.8) is 0 Å². The number of hydrogen-bond donors (Lipinski definition) is 1. The van der Waals surface area contributed by atoms with Gasteiger partial charge in [-0.15, -0.1) is 0 Å². The quantitative estimate of drug-likeness (QED) is 0.532. The normalized spacial score (nSPS) is 18.5. The van der Waals surface area contributed by atoms with E-state index in [0.29, 0.717) is 15.6 Å². The molecule has 2 atom stereocenters. The smallest absolute Gasteiger partial charge is 0.265 e. The first-order valence-electron chi connectivity index (χ1n) is 10.3. The van der Waals surface area contributed by atoms with Crippen LogP contribution in [-0.4, -0.2) is 37.8 Å². The molecule has 0 bridgehead atoms. The van der Waals surface area contributed by atoms with E-state index in [0.717, 1.165) is 5.56 Å². The molecule has 0 unspecified atom stereocenters. The van der Waals surface area contributed by atoms with E-state index in [1.54, 1.807) is 48.5 Å². The lowest BCUT2D eigenvalue weighted by molar-refractivity contribution is -0.164. The third-order valence-corrected chi connectivity index (χ3v) is 7.18. The van der Waals surface area contributed by atoms with Gasteiger partial charge in [0.15, 0.2) is 6.10 Å². The van der Waals surface area contributed by atoms with Gasteiger partial charge >= 0.3 is 0 Å². The Kier molecular flexibility index (Phi) is 7.23. The van der Waals surface area contributed by atoms with Crippen LogP contribution in [0.25, 0.3) is 0 Å². The first-order valence-corrected chi connectivity index (χ1v) is 12.5. The second-order valence-electron chi connectivity index (χ2n) is 7.66. The van der Waals surface area contributed by atoms with Gasteiger partial charge in [0.2, 0.25) is 5.91 Å². The van der Waals surface area contributed by atoms with Crippen LogP contribution in [0.2, 0.25) is 10.0 Å². The minimum Gasteiger partial charge on any atom is -0.356 e. The van der Waals surface area contributed by atoms with Crippen molar-refractivity contribution in [1.29, 1.82) is 0 Å². The summed E-state index contributed by atoms with van der Waals surface area (Å²) in [7, 11) is -4.19. The molecule has 176 valence electrons. The fraction of sp³-hybridized carbons (Fsp3) is 0.167. The molecule has 3 aromatic carbocycles. The van der Waals surface area contributed by atoms with Crippen molar-refractivity contribution in [2.75, 3.05) is 6.61 Å². The molecular formula is C24H20Cl2N2O5S. The van der Waals surface area contributed by atoms with Crippen LogP contribution in [0.5, 0.6) is 0 Å². The van der Waals surface area contributed by atoms with E-state index in [2.05, 4.69) is 4.72 Å². The SMILES string of the molecule is O=C(NS(=O)(=O)c1ccc(Cl)cc1)[C@@H]1OCC(=O)N(Cc2cccc(Cl)c2)[C@@H]1c1ccccc1. The van der Waals surface area contributed by atoms with Crippen LogP contribution in [0.4, 0.5) is 0 Å². The zero-order chi connectivity index (χ0) is 24.3. The number of hydrogen-bond acceptors (Lipinski definition) is 5. The summed E-state index contributed by atoms with van der Waals surface area (Å²) in [6, 6.07) is 20.4. The minimum absolute atomic E-state index is 0.121. The molecule has 2 amide bonds. The highest BCUT2D eigenvalue weighted by Gasteiger charge is 2.42. The third-order valence-electron chi connectivity index (χ3n) is 5.33. The second kappa shape index (κ2) is 10.1. The molecule has 0 spiro atoms. The summed E-state index contributed by atoms with van der Waals surface area (Å²) in [5.41, 5.74) is 1.39. The zero-order valence-electron chi connectivity index (χ0n) is 17.7. The molecular weight excluding hydrogens is 499 g/mol. The Hall–Kier alpha value is -2.91. The predicted octanol–water partition coefficient (Wildman–Crippen LogP) is 3.97. The molecule has 0 aromatic heterocycles. The van der Waals surface area contributed by atoms with E-state index in [1.807, 2.05) is 6.07 Å². The molecule has 1 aliphatic rings. The number of benzene rings is 3. The van der Waals surface area contributed by atoms with E-state index in [1.165, 1.54) is 29.2 Å². The van der Waals surface area contributed by atoms with E-state index >= 15 is 0 Å². The van der Waals surface area contributed by atoms with Gasteiger partial charge in [-0.3, -0.25) is 9.59 Å². The first-order chi connectivity index (χ1) is 16.2. The second-order valence-corrected chi connectivity index (χ2v) is 10.2. The Balaban J connectivity index is 1.66. The first kappa shape index (κ1) is 24.2. The van der Waals surface area contributed by atoms with Crippen molar-refractivity contribution in [3.8, 4) is 0 Å². The topological polar surface area (TPSA) is 92.8 Å². The lowest BCUT2D eigenvalue weighted by atomic mass is 9.96. The van der Waals surface area contributed by atoms with E-state index in [9.17, 15) is 18.0 Å². The molecule has 10 heteroatoms. The highest BCUT2D eigenvalue weighted by atomic mass is 35.5. The Bertz CT molecular complexity index is 1300. The van der Waals surface area contributed by atoms with Crippen LogP contribution in [0, 0.1) is 0 Å². The number of carbonyl (C=O) groups excluding carboxylic acids is 2. The number of carbonyl (C=O) groups is 2. The molecule has 0 radical (unpaired) electrons. The molecule has 1 fully saturated rings. The van der Waals surface area contributed by atoms with Crippen molar-refractivity contribution in [3.05, 3.63) is 100 Å². The van der Waals surface area contributed by atoms with Gasteiger partial charge in [-0.2, -0.15) is 0 Å². The molecule has 1 saturated heterocycles. The molecule has 34 heavy (non-hydrogen) atoms. The van der Waals surface area contributed by atoms with Crippen LogP contribution < -0.4 is 4.72 Å². The fourth-order valence-electron chi connectivity index (χ4n) is 3.76. The molecule has 1 heterocycles. The number of nitrogens with zero attached hydrogens (tertiary/aromatic N) is 1. The van der Waals surface area contributed by atoms with Gasteiger partial charge in [0.25, 0.3) is 15.9 Å². The number of rotatable bonds is 6. The van der Waals surface area contributed by atoms with Crippen LogP contribution >= 0.6 is 23.2 Å². The maximum Gasteiger partial charge on any atom is 0.265 e. The largest absolute Gasteiger partial charge is 0.356 e. The van der Waals surface area contributed by atoms with Gasteiger partial charge in [0.05, 0.1) is 10.9 Å². The minimum atomic E-state index is -4.19. The van der Waals surface area contributed by atoms with E-state index in [4.69, 9.17) is 27.9 Å². The molecule has 4 rings (SSSR count). The lowest BCUT2D eigenvalue weighted by Crippen LogP contribution is -2.54. The van der Waals surface area contributed by atoms with Gasteiger partial charge < -0.3 is 9.64 Å². The van der Waals surface area contributed by atoms with E-state index in [-0.39, 0.29) is 24.0 Å². The fourth-order valence-corrected chi connectivity index (χ4v) is 5.09. The van der Waals surface area contributed by atoms with Crippen LogP contribution in [-0.2, 0) is 30.9 Å². The summed E-state index contributed by atoms with van der Waals surface area (Å²) in [4.78, 5) is 27.5. The average Bonchev–Trinajstić information content (AvgIpc) is 2.81. The number of nitrogens with one attached hydrogen (secondary N) is 1. The van der Waals surface area contributed by atoms with Gasteiger partial charge in [-0.05, 0) is 47.5 Å². The molecule has 7 nitrogen and oxygen atoms in total. The predicted molar refractivity (Wildman–Crippen MR) is 128 cm³/mol. The van der Waals surface area contributed by atoms with Crippen molar-refractivity contribution >= 4 is 45.0 Å². The number of amides is 2. The zero-order valence-corrected chi connectivity index (χ0v) is 20.1. The standard InChI is InChI=1S/C24H20Cl2N2O5S/c25-18-9-11-20(12-10-18)34(31,32)27-24(30)23-22(17-6-2-1-3-7-17)28(21(29)15-33-23)14-16-5-4-8-19(26)13-16/h1-13,22-23H,14-15H2,(H,27,30)/t22-,23-/m1/s1. The summed E-state index contributed by atoms with van der Waals surface area (Å²) in [5, 5.41) is 0.873. The number of halogens is 2. The van der Waals surface area contributed by atoms with Crippen molar-refractivity contribution in [2.45, 2.75) is 23.6 Å². The monoisotopic (exact) mass is 518 g/mol. The van der Waals surface area contributed by atoms with Crippen molar-refractivity contribution in [1.82, 2.24) is 9.62 Å². The Morgan fingerprint density at radius 3 is 2.35 bits per heavy atom. The summed E-state index contributed by atoms with van der Waals surface area (Å²) >= 11 is 11.9. The third kappa shape index (κ3) is 5.42. The lowest BCUT2D eigenvalue weighted by Gasteiger charge is -2.40. The van der Waals surface area contributed by atoms with E-state index < -0.39 is 28.1 Å². The van der Waals surface area contributed by atoms with Gasteiger partial charge in [-0.25, -0.2) is 13.1 Å². The number of morpholine rings is 1. The Labute approximate surface area is 207 Å². The number of sulfonamides is 1. The Morgan fingerprint density at radius 1 is 0.971 bits per heavy atom. The van der Waals surface area contributed by atoms with Gasteiger partial charge in [0, 0.05) is 16.6 Å². The van der Waals surface area contributed by atoms with Crippen molar-refractivity contribution < 1.29 is 22.7 Å². The van der Waals surface area contributed by atoms with Gasteiger partial charge in [0.1, 0.15) is 6.61 Å². The Morgan fingerprint density at radius 2 is 1.68 bits per heavy atom. The summed E-state index contributed by atoms with van der Waals surface area (Å²) in [6.07, 6.45) is -1.26. The molecule has 1 aliphatic heterocycles. The maximum absolute atomic E-state index is 13.2.